The summed E-state index contributed by atoms with van der Waals surface area (Å²) in [5, 5.41) is 3.49. The molecule has 0 unspecified atom stereocenters. The molecule has 182 valence electrons. The monoisotopic (exact) mass is 476 g/mol. The van der Waals surface area contributed by atoms with E-state index in [9.17, 15) is 0 Å². The van der Waals surface area contributed by atoms with Crippen LogP contribution < -0.4 is 10.1 Å². The average molecular weight is 477 g/mol. The largest absolute Gasteiger partial charge is 0.489 e. The number of nitrogens with zero attached hydrogens (tertiary/aromatic N) is 2. The van der Waals surface area contributed by atoms with E-state index in [1.807, 2.05) is 30.5 Å². The Morgan fingerprint density at radius 2 is 1.56 bits per heavy atom. The van der Waals surface area contributed by atoms with E-state index in [2.05, 4.69) is 89.8 Å². The number of nitrogens with one attached hydrogen (secondary N) is 2. The van der Waals surface area contributed by atoms with E-state index in [0.29, 0.717) is 12.5 Å². The van der Waals surface area contributed by atoms with Gasteiger partial charge in [-0.1, -0.05) is 80.6 Å². The summed E-state index contributed by atoms with van der Waals surface area (Å²) in [5.41, 5.74) is 7.50. The van der Waals surface area contributed by atoms with Gasteiger partial charge in [-0.15, -0.1) is 0 Å². The maximum Gasteiger partial charge on any atom is 0.157 e. The van der Waals surface area contributed by atoms with E-state index in [4.69, 9.17) is 9.72 Å². The van der Waals surface area contributed by atoms with Crippen molar-refractivity contribution in [1.82, 2.24) is 20.3 Å². The molecule has 0 aliphatic carbocycles. The Hall–Kier alpha value is -3.96. The molecule has 0 radical (unpaired) electrons. The first-order chi connectivity index (χ1) is 17.6. The molecular weight excluding hydrogens is 444 g/mol. The van der Waals surface area contributed by atoms with Gasteiger partial charge in [0.2, 0.25) is 0 Å². The van der Waals surface area contributed by atoms with Crippen LogP contribution in [0.15, 0.2) is 91.1 Å². The van der Waals surface area contributed by atoms with Crippen molar-refractivity contribution in [1.29, 1.82) is 0 Å². The van der Waals surface area contributed by atoms with Gasteiger partial charge < -0.3 is 15.0 Å². The van der Waals surface area contributed by atoms with Crippen LogP contribution in [0.3, 0.4) is 0 Å². The molecule has 0 amide bonds. The van der Waals surface area contributed by atoms with Gasteiger partial charge in [-0.3, -0.25) is 0 Å². The van der Waals surface area contributed by atoms with Gasteiger partial charge in [0.25, 0.3) is 0 Å². The summed E-state index contributed by atoms with van der Waals surface area (Å²) in [6.45, 7) is 6.56. The van der Waals surface area contributed by atoms with Gasteiger partial charge >= 0.3 is 0 Å². The molecule has 5 heteroatoms. The predicted octanol–water partition coefficient (Wildman–Crippen LogP) is 6.69. The van der Waals surface area contributed by atoms with Crippen molar-refractivity contribution >= 4 is 11.2 Å². The summed E-state index contributed by atoms with van der Waals surface area (Å²) in [5.74, 6) is 2.19. The summed E-state index contributed by atoms with van der Waals surface area (Å²) in [7, 11) is 0. The normalized spacial score (nSPS) is 11.3. The highest BCUT2D eigenvalue weighted by Gasteiger charge is 2.14. The third-order valence-electron chi connectivity index (χ3n) is 6.11. The molecule has 0 saturated heterocycles. The third kappa shape index (κ3) is 5.99. The Morgan fingerprint density at radius 1 is 0.833 bits per heavy atom. The van der Waals surface area contributed by atoms with Crippen LogP contribution in [0.4, 0.5) is 0 Å². The fourth-order valence-corrected chi connectivity index (χ4v) is 4.33. The van der Waals surface area contributed by atoms with Gasteiger partial charge in [0.15, 0.2) is 5.65 Å². The van der Waals surface area contributed by atoms with Crippen molar-refractivity contribution in [2.24, 2.45) is 5.92 Å². The lowest BCUT2D eigenvalue weighted by Crippen LogP contribution is -2.12. The minimum Gasteiger partial charge on any atom is -0.489 e. The minimum absolute atomic E-state index is 0.532. The van der Waals surface area contributed by atoms with Crippen molar-refractivity contribution in [2.45, 2.75) is 40.0 Å². The molecule has 5 aromatic rings. The lowest BCUT2D eigenvalue weighted by molar-refractivity contribution is 0.306. The SMILES string of the molecule is CC(C)Cc1ccc(OCc2ccccc2)cc1-c1nc2cc(CNCc3ccccc3)cnc2[nH]1. The van der Waals surface area contributed by atoms with Crippen LogP contribution in [0.25, 0.3) is 22.6 Å². The van der Waals surface area contributed by atoms with Crippen molar-refractivity contribution in [3.63, 3.8) is 0 Å². The zero-order valence-electron chi connectivity index (χ0n) is 20.9. The van der Waals surface area contributed by atoms with E-state index in [-0.39, 0.29) is 0 Å². The Kier molecular flexibility index (Phi) is 7.39. The standard InChI is InChI=1S/C31H32N4O/c1-22(2)15-26-13-14-27(36-21-24-11-7-4-8-12-24)17-28(26)30-34-29-16-25(20-33-31(29)35-30)19-32-18-23-9-5-3-6-10-23/h3-14,16-17,20,22,32H,15,18-19,21H2,1-2H3,(H,33,34,35). The van der Waals surface area contributed by atoms with Crippen LogP contribution in [-0.4, -0.2) is 15.0 Å². The molecule has 5 nitrogen and oxygen atoms in total. The lowest BCUT2D eigenvalue weighted by Gasteiger charge is -2.13. The molecule has 2 N–H and O–H groups in total. The van der Waals surface area contributed by atoms with Crippen molar-refractivity contribution in [2.75, 3.05) is 0 Å². The predicted molar refractivity (Wildman–Crippen MR) is 146 cm³/mol. The number of rotatable bonds is 10. The number of hydrogen-bond donors (Lipinski definition) is 2. The van der Waals surface area contributed by atoms with E-state index in [0.717, 1.165) is 58.9 Å². The van der Waals surface area contributed by atoms with Gasteiger partial charge in [-0.05, 0) is 52.8 Å². The first kappa shape index (κ1) is 23.8. The molecule has 0 fully saturated rings. The number of pyridine rings is 1. The molecule has 0 bridgehead atoms. The Labute approximate surface area is 212 Å². The maximum absolute atomic E-state index is 6.12. The van der Waals surface area contributed by atoms with Crippen LogP contribution in [0, 0.1) is 5.92 Å². The molecule has 0 atom stereocenters. The van der Waals surface area contributed by atoms with E-state index in [1.54, 1.807) is 0 Å². The van der Waals surface area contributed by atoms with Crippen molar-refractivity contribution in [3.8, 4) is 17.1 Å². The fourth-order valence-electron chi connectivity index (χ4n) is 4.33. The Morgan fingerprint density at radius 3 is 2.31 bits per heavy atom. The van der Waals surface area contributed by atoms with Gasteiger partial charge in [-0.2, -0.15) is 0 Å². The highest BCUT2D eigenvalue weighted by molar-refractivity contribution is 5.77. The summed E-state index contributed by atoms with van der Waals surface area (Å²) in [4.78, 5) is 13.0. The van der Waals surface area contributed by atoms with E-state index < -0.39 is 0 Å². The zero-order valence-corrected chi connectivity index (χ0v) is 20.9. The number of H-pyrrole nitrogens is 1. The number of imidazole rings is 1. The number of benzene rings is 3. The number of ether oxygens (including phenoxy) is 1. The van der Waals surface area contributed by atoms with Gasteiger partial charge in [0.1, 0.15) is 23.7 Å². The van der Waals surface area contributed by atoms with Crippen LogP contribution in [0.5, 0.6) is 5.75 Å². The molecule has 0 spiro atoms. The summed E-state index contributed by atoms with van der Waals surface area (Å²) >= 11 is 0. The van der Waals surface area contributed by atoms with Gasteiger partial charge in [0, 0.05) is 24.8 Å². The van der Waals surface area contributed by atoms with Gasteiger partial charge in [-0.25, -0.2) is 9.97 Å². The van der Waals surface area contributed by atoms with Crippen LogP contribution in [-0.2, 0) is 26.1 Å². The second kappa shape index (κ2) is 11.2. The number of fused-ring (bicyclic) bond motifs is 1. The van der Waals surface area contributed by atoms with E-state index >= 15 is 0 Å². The number of aromatic amines is 1. The van der Waals surface area contributed by atoms with E-state index in [1.165, 1.54) is 11.1 Å². The highest BCUT2D eigenvalue weighted by Crippen LogP contribution is 2.30. The average Bonchev–Trinajstić information content (AvgIpc) is 3.32. The van der Waals surface area contributed by atoms with Gasteiger partial charge in [0.05, 0.1) is 0 Å². The Balaban J connectivity index is 1.36. The Bertz CT molecular complexity index is 1410. The van der Waals surface area contributed by atoms with Crippen LogP contribution >= 0.6 is 0 Å². The molecule has 3 aromatic carbocycles. The molecule has 2 aromatic heterocycles. The van der Waals surface area contributed by atoms with Crippen molar-refractivity contribution in [3.05, 3.63) is 113 Å². The highest BCUT2D eigenvalue weighted by atomic mass is 16.5. The molecule has 0 aliphatic rings. The maximum atomic E-state index is 6.12. The second-order valence-electron chi connectivity index (χ2n) is 9.58. The summed E-state index contributed by atoms with van der Waals surface area (Å²) in [6, 6.07) is 29.1. The first-order valence-electron chi connectivity index (χ1n) is 12.5. The lowest BCUT2D eigenvalue weighted by atomic mass is 9.97. The van der Waals surface area contributed by atoms with Crippen LogP contribution in [0.2, 0.25) is 0 Å². The second-order valence-corrected chi connectivity index (χ2v) is 9.58. The third-order valence-corrected chi connectivity index (χ3v) is 6.11. The minimum atomic E-state index is 0.532. The number of hydrogen-bond acceptors (Lipinski definition) is 4. The molecule has 2 heterocycles. The summed E-state index contributed by atoms with van der Waals surface area (Å²) in [6.07, 6.45) is 2.88. The quantitative estimate of drug-likeness (QED) is 0.236. The molecule has 36 heavy (non-hydrogen) atoms. The molecular formula is C31H32N4O. The first-order valence-corrected chi connectivity index (χ1v) is 12.5. The topological polar surface area (TPSA) is 62.8 Å². The molecule has 5 rings (SSSR count). The smallest absolute Gasteiger partial charge is 0.157 e. The summed E-state index contributed by atoms with van der Waals surface area (Å²) < 4.78 is 6.12. The molecule has 0 aliphatic heterocycles. The zero-order chi connectivity index (χ0) is 24.7. The van der Waals surface area contributed by atoms with Crippen LogP contribution in [0.1, 0.15) is 36.1 Å². The number of aromatic nitrogens is 3. The fraction of sp³-hybridized carbons (Fsp3) is 0.226. The molecule has 0 saturated carbocycles. The van der Waals surface area contributed by atoms with Crippen molar-refractivity contribution < 1.29 is 4.74 Å².